The summed E-state index contributed by atoms with van der Waals surface area (Å²) in [6.45, 7) is 7.36. The number of amides is 1. The summed E-state index contributed by atoms with van der Waals surface area (Å²) in [7, 11) is 0. The first-order valence-electron chi connectivity index (χ1n) is 5.02. The Labute approximate surface area is 85.9 Å². The highest BCUT2D eigenvalue weighted by atomic mass is 16.3. The summed E-state index contributed by atoms with van der Waals surface area (Å²) in [4.78, 5) is 11.6. The standard InChI is InChI=1S/C10H22N2O2/c1-5-7(2)8(11)9(14)12-10(3,4)6-13/h7-8,13H,5-6,11H2,1-4H3,(H,12,14)/t7?,8-/m0/s1. The molecule has 4 N–H and O–H groups in total. The Kier molecular flexibility index (Phi) is 5.08. The maximum absolute atomic E-state index is 11.6. The Balaban J connectivity index is 4.21. The van der Waals surface area contributed by atoms with Gasteiger partial charge in [-0.3, -0.25) is 4.79 Å². The fraction of sp³-hybridized carbons (Fsp3) is 0.900. The molecule has 0 aliphatic heterocycles. The minimum absolute atomic E-state index is 0.0913. The van der Waals surface area contributed by atoms with Gasteiger partial charge in [-0.05, 0) is 19.8 Å². The van der Waals surface area contributed by atoms with Gasteiger partial charge < -0.3 is 16.2 Å². The molecule has 2 atom stereocenters. The molecule has 0 radical (unpaired) electrons. The molecule has 84 valence electrons. The van der Waals surface area contributed by atoms with Gasteiger partial charge in [0.1, 0.15) is 0 Å². The molecule has 4 nitrogen and oxygen atoms in total. The van der Waals surface area contributed by atoms with Crippen LogP contribution in [-0.4, -0.2) is 29.2 Å². The maximum Gasteiger partial charge on any atom is 0.237 e. The lowest BCUT2D eigenvalue weighted by Gasteiger charge is -2.27. The fourth-order valence-corrected chi connectivity index (χ4v) is 0.969. The smallest absolute Gasteiger partial charge is 0.237 e. The van der Waals surface area contributed by atoms with E-state index in [0.29, 0.717) is 0 Å². The summed E-state index contributed by atoms with van der Waals surface area (Å²) >= 11 is 0. The van der Waals surface area contributed by atoms with E-state index in [0.717, 1.165) is 6.42 Å². The van der Waals surface area contributed by atoms with Crippen LogP contribution in [0.2, 0.25) is 0 Å². The second-order valence-electron chi connectivity index (χ2n) is 4.44. The largest absolute Gasteiger partial charge is 0.394 e. The third-order valence-electron chi connectivity index (χ3n) is 2.42. The zero-order valence-corrected chi connectivity index (χ0v) is 9.50. The van der Waals surface area contributed by atoms with Gasteiger partial charge in [-0.2, -0.15) is 0 Å². The van der Waals surface area contributed by atoms with Gasteiger partial charge >= 0.3 is 0 Å². The first-order valence-corrected chi connectivity index (χ1v) is 5.02. The van der Waals surface area contributed by atoms with Crippen LogP contribution in [0.15, 0.2) is 0 Å². The third kappa shape index (κ3) is 4.07. The highest BCUT2D eigenvalue weighted by Crippen LogP contribution is 2.07. The van der Waals surface area contributed by atoms with Crippen LogP contribution in [0.4, 0.5) is 0 Å². The predicted octanol–water partition coefficient (Wildman–Crippen LogP) is 0.247. The fourth-order valence-electron chi connectivity index (χ4n) is 0.969. The SMILES string of the molecule is CCC(C)[C@H](N)C(=O)NC(C)(C)CO. The minimum atomic E-state index is -0.595. The van der Waals surface area contributed by atoms with Crippen molar-refractivity contribution in [1.29, 1.82) is 0 Å². The first kappa shape index (κ1) is 13.4. The minimum Gasteiger partial charge on any atom is -0.394 e. The molecule has 1 unspecified atom stereocenters. The number of aliphatic hydroxyl groups is 1. The molecule has 0 bridgehead atoms. The second-order valence-corrected chi connectivity index (χ2v) is 4.44. The van der Waals surface area contributed by atoms with Crippen molar-refractivity contribution in [2.75, 3.05) is 6.61 Å². The highest BCUT2D eigenvalue weighted by Gasteiger charge is 2.25. The van der Waals surface area contributed by atoms with Crippen molar-refractivity contribution in [3.63, 3.8) is 0 Å². The van der Waals surface area contributed by atoms with Crippen molar-refractivity contribution in [3.8, 4) is 0 Å². The van der Waals surface area contributed by atoms with Crippen molar-refractivity contribution in [2.24, 2.45) is 11.7 Å². The molecule has 1 amide bonds. The summed E-state index contributed by atoms with van der Waals surface area (Å²) in [5, 5.41) is 11.7. The summed E-state index contributed by atoms with van der Waals surface area (Å²) in [6.07, 6.45) is 0.869. The van der Waals surface area contributed by atoms with Gasteiger partial charge in [-0.25, -0.2) is 0 Å². The Morgan fingerprint density at radius 2 is 2.07 bits per heavy atom. The lowest BCUT2D eigenvalue weighted by Crippen LogP contribution is -2.54. The molecule has 4 heteroatoms. The molecular weight excluding hydrogens is 180 g/mol. The summed E-state index contributed by atoms with van der Waals surface area (Å²) < 4.78 is 0. The summed E-state index contributed by atoms with van der Waals surface area (Å²) in [5.41, 5.74) is 5.14. The van der Waals surface area contributed by atoms with E-state index in [-0.39, 0.29) is 18.4 Å². The molecule has 0 aromatic carbocycles. The van der Waals surface area contributed by atoms with Crippen molar-refractivity contribution < 1.29 is 9.90 Å². The molecule has 14 heavy (non-hydrogen) atoms. The van der Waals surface area contributed by atoms with Crippen LogP contribution in [0, 0.1) is 5.92 Å². The molecule has 0 saturated heterocycles. The van der Waals surface area contributed by atoms with E-state index in [1.165, 1.54) is 0 Å². The van der Waals surface area contributed by atoms with Crippen LogP contribution in [0.1, 0.15) is 34.1 Å². The van der Waals surface area contributed by atoms with Gasteiger partial charge in [-0.15, -0.1) is 0 Å². The number of nitrogens with one attached hydrogen (secondary N) is 1. The van der Waals surface area contributed by atoms with Crippen LogP contribution in [0.5, 0.6) is 0 Å². The number of hydrogen-bond donors (Lipinski definition) is 3. The number of carbonyl (C=O) groups excluding carboxylic acids is 1. The van der Waals surface area contributed by atoms with E-state index in [1.54, 1.807) is 13.8 Å². The molecule has 0 aliphatic rings. The van der Waals surface area contributed by atoms with Crippen molar-refractivity contribution in [2.45, 2.75) is 45.7 Å². The van der Waals surface area contributed by atoms with E-state index < -0.39 is 11.6 Å². The van der Waals surface area contributed by atoms with Gasteiger partial charge in [0.25, 0.3) is 0 Å². The predicted molar refractivity (Wildman–Crippen MR) is 56.7 cm³/mol. The Bertz CT molecular complexity index is 193. The lowest BCUT2D eigenvalue weighted by molar-refractivity contribution is -0.125. The van der Waals surface area contributed by atoms with Crippen LogP contribution in [0.25, 0.3) is 0 Å². The van der Waals surface area contributed by atoms with E-state index in [2.05, 4.69) is 5.32 Å². The van der Waals surface area contributed by atoms with Crippen molar-refractivity contribution >= 4 is 5.91 Å². The first-order chi connectivity index (χ1) is 6.34. The highest BCUT2D eigenvalue weighted by molar-refractivity contribution is 5.82. The zero-order valence-electron chi connectivity index (χ0n) is 9.50. The van der Waals surface area contributed by atoms with Crippen molar-refractivity contribution in [1.82, 2.24) is 5.32 Å². The average Bonchev–Trinajstić information content (AvgIpc) is 2.14. The topological polar surface area (TPSA) is 75.4 Å². The van der Waals surface area contributed by atoms with Gasteiger partial charge in [0, 0.05) is 0 Å². The third-order valence-corrected chi connectivity index (χ3v) is 2.42. The van der Waals surface area contributed by atoms with Crippen LogP contribution >= 0.6 is 0 Å². The number of rotatable bonds is 5. The normalized spacial score (nSPS) is 16.1. The average molecular weight is 202 g/mol. The molecule has 0 rings (SSSR count). The zero-order chi connectivity index (χ0) is 11.4. The lowest BCUT2D eigenvalue weighted by atomic mass is 9.98. The molecule has 0 heterocycles. The molecular formula is C10H22N2O2. The Morgan fingerprint density at radius 3 is 2.43 bits per heavy atom. The number of nitrogens with two attached hydrogens (primary N) is 1. The van der Waals surface area contributed by atoms with E-state index >= 15 is 0 Å². The maximum atomic E-state index is 11.6. The Hall–Kier alpha value is -0.610. The van der Waals surface area contributed by atoms with Gasteiger partial charge in [0.05, 0.1) is 18.2 Å². The quantitative estimate of drug-likeness (QED) is 0.598. The second kappa shape index (κ2) is 5.32. The van der Waals surface area contributed by atoms with Gasteiger partial charge in [-0.1, -0.05) is 20.3 Å². The molecule has 0 saturated carbocycles. The number of aliphatic hydroxyl groups excluding tert-OH is 1. The van der Waals surface area contributed by atoms with E-state index in [9.17, 15) is 4.79 Å². The molecule has 0 spiro atoms. The Morgan fingerprint density at radius 1 is 1.57 bits per heavy atom. The van der Waals surface area contributed by atoms with E-state index in [4.69, 9.17) is 10.8 Å². The number of hydrogen-bond acceptors (Lipinski definition) is 3. The van der Waals surface area contributed by atoms with Gasteiger partial charge in [0.15, 0.2) is 0 Å². The molecule has 0 aromatic rings. The summed E-state index contributed by atoms with van der Waals surface area (Å²) in [5.74, 6) is -0.0390. The molecule has 0 fully saturated rings. The van der Waals surface area contributed by atoms with Gasteiger partial charge in [0.2, 0.25) is 5.91 Å². The molecule has 0 aliphatic carbocycles. The monoisotopic (exact) mass is 202 g/mol. The van der Waals surface area contributed by atoms with Crippen LogP contribution < -0.4 is 11.1 Å². The van der Waals surface area contributed by atoms with Crippen LogP contribution in [0.3, 0.4) is 0 Å². The molecule has 0 aromatic heterocycles. The van der Waals surface area contributed by atoms with E-state index in [1.807, 2.05) is 13.8 Å². The van der Waals surface area contributed by atoms with Crippen LogP contribution in [-0.2, 0) is 4.79 Å². The van der Waals surface area contributed by atoms with Crippen molar-refractivity contribution in [3.05, 3.63) is 0 Å². The number of carbonyl (C=O) groups is 1. The summed E-state index contributed by atoms with van der Waals surface area (Å²) in [6, 6.07) is -0.495.